The summed E-state index contributed by atoms with van der Waals surface area (Å²) in [6.45, 7) is 11.7. The van der Waals surface area contributed by atoms with Crippen molar-refractivity contribution in [2.45, 2.75) is 40.7 Å². The Morgan fingerprint density at radius 1 is 0.892 bits per heavy atom. The number of nitrogens with zero attached hydrogens (tertiary/aromatic N) is 2. The minimum absolute atomic E-state index is 0.0450. The van der Waals surface area contributed by atoms with Gasteiger partial charge in [0.1, 0.15) is 11.5 Å². The molecule has 1 amide bonds. The van der Waals surface area contributed by atoms with Crippen LogP contribution < -0.4 is 14.5 Å². The predicted octanol–water partition coefficient (Wildman–Crippen LogP) is 6.09. The van der Waals surface area contributed by atoms with E-state index in [4.69, 9.17) is 4.74 Å². The molecule has 1 unspecified atom stereocenters. The van der Waals surface area contributed by atoms with Crippen LogP contribution >= 0.6 is 0 Å². The molecule has 1 aliphatic rings. The Bertz CT molecular complexity index is 1350. The fourth-order valence-corrected chi connectivity index (χ4v) is 5.11. The highest BCUT2D eigenvalue weighted by Crippen LogP contribution is 2.44. The van der Waals surface area contributed by atoms with Crippen molar-refractivity contribution in [3.63, 3.8) is 0 Å². The van der Waals surface area contributed by atoms with E-state index in [9.17, 15) is 14.7 Å². The molecule has 192 valence electrons. The van der Waals surface area contributed by atoms with E-state index in [1.807, 2.05) is 69.3 Å². The van der Waals surface area contributed by atoms with Gasteiger partial charge in [-0.3, -0.25) is 14.5 Å². The third-order valence-corrected chi connectivity index (χ3v) is 6.88. The first-order valence-corrected chi connectivity index (χ1v) is 12.6. The first-order valence-electron chi connectivity index (χ1n) is 12.6. The van der Waals surface area contributed by atoms with Crippen molar-refractivity contribution in [3.8, 4) is 5.75 Å². The summed E-state index contributed by atoms with van der Waals surface area (Å²) in [4.78, 5) is 30.8. The smallest absolute Gasteiger partial charge is 0.300 e. The van der Waals surface area contributed by atoms with E-state index >= 15 is 0 Å². The quantitative estimate of drug-likeness (QED) is 0.242. The number of aryl methyl sites for hydroxylation is 3. The van der Waals surface area contributed by atoms with E-state index in [-0.39, 0.29) is 11.3 Å². The van der Waals surface area contributed by atoms with Crippen LogP contribution in [0.25, 0.3) is 5.76 Å². The molecule has 3 aromatic carbocycles. The van der Waals surface area contributed by atoms with Crippen LogP contribution in [0.4, 0.5) is 11.4 Å². The van der Waals surface area contributed by atoms with Gasteiger partial charge in [-0.2, -0.15) is 0 Å². The summed E-state index contributed by atoms with van der Waals surface area (Å²) in [6, 6.07) is 18.2. The molecular formula is C31H34N2O4. The number of ketones is 1. The summed E-state index contributed by atoms with van der Waals surface area (Å²) in [7, 11) is 1.51. The number of carbonyl (C=O) groups excluding carboxylic acids is 2. The molecule has 0 radical (unpaired) electrons. The highest BCUT2D eigenvalue weighted by atomic mass is 16.5. The number of ether oxygens (including phenoxy) is 1. The second-order valence-corrected chi connectivity index (χ2v) is 9.48. The molecule has 1 heterocycles. The number of anilines is 2. The summed E-state index contributed by atoms with van der Waals surface area (Å²) >= 11 is 0. The number of carbonyl (C=O) groups is 2. The van der Waals surface area contributed by atoms with Gasteiger partial charge in [0.25, 0.3) is 11.7 Å². The number of Topliss-reactive ketones (excluding diaryl/α,β-unsaturated/α-hetero) is 1. The van der Waals surface area contributed by atoms with E-state index in [0.717, 1.165) is 41.0 Å². The van der Waals surface area contributed by atoms with Crippen LogP contribution in [0.2, 0.25) is 0 Å². The lowest BCUT2D eigenvalue weighted by molar-refractivity contribution is -0.132. The maximum absolute atomic E-state index is 13.6. The zero-order chi connectivity index (χ0) is 26.9. The molecular weight excluding hydrogens is 464 g/mol. The summed E-state index contributed by atoms with van der Waals surface area (Å²) < 4.78 is 5.48. The first-order chi connectivity index (χ1) is 17.7. The Balaban J connectivity index is 1.96. The van der Waals surface area contributed by atoms with Gasteiger partial charge in [-0.05, 0) is 87.7 Å². The lowest BCUT2D eigenvalue weighted by Crippen LogP contribution is -2.29. The second kappa shape index (κ2) is 10.5. The summed E-state index contributed by atoms with van der Waals surface area (Å²) in [6.07, 6.45) is 0. The Morgan fingerprint density at radius 2 is 1.51 bits per heavy atom. The molecule has 4 rings (SSSR count). The van der Waals surface area contributed by atoms with Crippen molar-refractivity contribution in [3.05, 3.63) is 94.1 Å². The first kappa shape index (κ1) is 26.0. The van der Waals surface area contributed by atoms with E-state index in [1.54, 1.807) is 12.1 Å². The molecule has 6 heteroatoms. The highest BCUT2D eigenvalue weighted by Gasteiger charge is 2.47. The number of amides is 1. The lowest BCUT2D eigenvalue weighted by Gasteiger charge is -2.27. The monoisotopic (exact) mass is 498 g/mol. The molecule has 6 nitrogen and oxygen atoms in total. The lowest BCUT2D eigenvalue weighted by atomic mass is 9.94. The maximum Gasteiger partial charge on any atom is 0.300 e. The summed E-state index contributed by atoms with van der Waals surface area (Å²) in [5.41, 5.74) is 5.69. The number of aliphatic hydroxyl groups excluding tert-OH is 1. The zero-order valence-corrected chi connectivity index (χ0v) is 22.3. The summed E-state index contributed by atoms with van der Waals surface area (Å²) in [5, 5.41) is 11.6. The summed E-state index contributed by atoms with van der Waals surface area (Å²) in [5.74, 6) is -1.21. The minimum Gasteiger partial charge on any atom is -0.507 e. The predicted molar refractivity (Wildman–Crippen MR) is 148 cm³/mol. The van der Waals surface area contributed by atoms with E-state index in [0.29, 0.717) is 17.0 Å². The van der Waals surface area contributed by atoms with E-state index in [1.165, 1.54) is 12.0 Å². The Kier molecular flexibility index (Phi) is 7.39. The normalized spacial score (nSPS) is 16.8. The van der Waals surface area contributed by atoms with Gasteiger partial charge < -0.3 is 14.7 Å². The Hall–Kier alpha value is -4.06. The fraction of sp³-hybridized carbons (Fsp3) is 0.290. The Morgan fingerprint density at radius 3 is 2.08 bits per heavy atom. The number of benzene rings is 3. The van der Waals surface area contributed by atoms with Crippen molar-refractivity contribution >= 4 is 28.8 Å². The second-order valence-electron chi connectivity index (χ2n) is 9.48. The SMILES string of the molecule is CCN(CC)c1ccc(C2/C(=C(\O)c3cc(C)ccc3OC)C(=O)C(=O)N2c2cc(C)cc(C)c2)cc1. The third-order valence-electron chi connectivity index (χ3n) is 6.88. The molecule has 0 bridgehead atoms. The van der Waals surface area contributed by atoms with Gasteiger partial charge in [0.15, 0.2) is 0 Å². The van der Waals surface area contributed by atoms with Crippen LogP contribution in [0, 0.1) is 20.8 Å². The molecule has 0 spiro atoms. The van der Waals surface area contributed by atoms with Gasteiger partial charge in [0, 0.05) is 24.5 Å². The molecule has 1 atom stereocenters. The minimum atomic E-state index is -0.794. The molecule has 1 fully saturated rings. The Labute approximate surface area is 218 Å². The zero-order valence-electron chi connectivity index (χ0n) is 22.3. The van der Waals surface area contributed by atoms with Gasteiger partial charge in [0.2, 0.25) is 0 Å². The standard InChI is InChI=1S/C31H34N2O4/c1-7-32(8-2)23-12-10-22(11-13-23)28-27(29(34)25-18-19(3)9-14-26(25)37-6)30(35)31(36)33(28)24-16-20(4)15-21(5)17-24/h9-18,28,34H,7-8H2,1-6H3/b29-27+. The van der Waals surface area contributed by atoms with E-state index < -0.39 is 17.7 Å². The molecule has 1 N–H and O–H groups in total. The van der Waals surface area contributed by atoms with E-state index in [2.05, 4.69) is 18.7 Å². The van der Waals surface area contributed by atoms with Crippen molar-refractivity contribution < 1.29 is 19.4 Å². The number of methoxy groups -OCH3 is 1. The van der Waals surface area contributed by atoms with Gasteiger partial charge in [0.05, 0.1) is 24.3 Å². The van der Waals surface area contributed by atoms with Gasteiger partial charge in [-0.15, -0.1) is 0 Å². The van der Waals surface area contributed by atoms with Crippen molar-refractivity contribution in [1.82, 2.24) is 0 Å². The fourth-order valence-electron chi connectivity index (χ4n) is 5.11. The molecule has 0 saturated carbocycles. The van der Waals surface area contributed by atoms with Gasteiger partial charge in [-0.1, -0.05) is 29.8 Å². The molecule has 0 aliphatic carbocycles. The highest BCUT2D eigenvalue weighted by molar-refractivity contribution is 6.51. The maximum atomic E-state index is 13.6. The van der Waals surface area contributed by atoms with Crippen LogP contribution in [0.5, 0.6) is 5.75 Å². The molecule has 1 aliphatic heterocycles. The van der Waals surface area contributed by atoms with Crippen LogP contribution in [0.15, 0.2) is 66.2 Å². The van der Waals surface area contributed by atoms with Crippen molar-refractivity contribution in [2.75, 3.05) is 30.0 Å². The average Bonchev–Trinajstić information content (AvgIpc) is 3.14. The molecule has 0 aromatic heterocycles. The third kappa shape index (κ3) is 4.84. The molecule has 37 heavy (non-hydrogen) atoms. The number of rotatable bonds is 7. The van der Waals surface area contributed by atoms with Crippen LogP contribution in [0.3, 0.4) is 0 Å². The largest absolute Gasteiger partial charge is 0.507 e. The van der Waals surface area contributed by atoms with Crippen LogP contribution in [-0.4, -0.2) is 37.0 Å². The number of hydrogen-bond donors (Lipinski definition) is 1. The number of hydrogen-bond acceptors (Lipinski definition) is 5. The van der Waals surface area contributed by atoms with Crippen molar-refractivity contribution in [2.24, 2.45) is 0 Å². The average molecular weight is 499 g/mol. The molecule has 1 saturated heterocycles. The van der Waals surface area contributed by atoms with Crippen molar-refractivity contribution in [1.29, 1.82) is 0 Å². The van der Waals surface area contributed by atoms with Gasteiger partial charge in [-0.25, -0.2) is 0 Å². The number of aliphatic hydroxyl groups is 1. The topological polar surface area (TPSA) is 70.1 Å². The van der Waals surface area contributed by atoms with Crippen LogP contribution in [0.1, 0.15) is 47.7 Å². The molecule has 3 aromatic rings. The van der Waals surface area contributed by atoms with Crippen LogP contribution in [-0.2, 0) is 9.59 Å². The van der Waals surface area contributed by atoms with Gasteiger partial charge >= 0.3 is 0 Å².